The first kappa shape index (κ1) is 12.2. The summed E-state index contributed by atoms with van der Waals surface area (Å²) in [7, 11) is 0. The predicted octanol–water partition coefficient (Wildman–Crippen LogP) is 3.41. The van der Waals surface area contributed by atoms with E-state index in [0.29, 0.717) is 5.56 Å². The summed E-state index contributed by atoms with van der Waals surface area (Å²) < 4.78 is 19.1. The molecule has 0 aromatic heterocycles. The molecule has 1 aromatic rings. The monoisotopic (exact) mass is 274 g/mol. The van der Waals surface area contributed by atoms with Gasteiger partial charge in [-0.1, -0.05) is 28.1 Å². The lowest BCUT2D eigenvalue weighted by Crippen LogP contribution is -2.07. The summed E-state index contributed by atoms with van der Waals surface area (Å²) in [5.41, 5.74) is 0.492. The van der Waals surface area contributed by atoms with Crippen LogP contribution in [0.25, 0.3) is 0 Å². The van der Waals surface area contributed by atoms with Gasteiger partial charge in [0, 0.05) is 4.47 Å². The third-order valence-corrected chi connectivity index (χ3v) is 2.41. The zero-order valence-electron chi connectivity index (χ0n) is 8.37. The van der Waals surface area contributed by atoms with Crippen molar-refractivity contribution >= 4 is 21.9 Å². The Balaban J connectivity index is 2.57. The third-order valence-electron chi connectivity index (χ3n) is 1.88. The second-order valence-electron chi connectivity index (χ2n) is 3.03. The van der Waals surface area contributed by atoms with Crippen LogP contribution in [-0.2, 0) is 9.53 Å². The van der Waals surface area contributed by atoms with Crippen molar-refractivity contribution in [3.8, 4) is 0 Å². The summed E-state index contributed by atoms with van der Waals surface area (Å²) in [6.07, 6.45) is -1.52. The number of esters is 1. The molecule has 0 unspecified atom stereocenters. The SMILES string of the molecule is CCOC(=O)C[C@@H](F)c1ccc(Br)cc1. The van der Waals surface area contributed by atoms with Gasteiger partial charge in [-0.2, -0.15) is 0 Å². The number of hydrogen-bond acceptors (Lipinski definition) is 2. The first-order valence-electron chi connectivity index (χ1n) is 4.68. The van der Waals surface area contributed by atoms with Crippen LogP contribution in [0, 0.1) is 0 Å². The summed E-state index contributed by atoms with van der Waals surface area (Å²) in [5.74, 6) is -0.507. The molecule has 0 fully saturated rings. The van der Waals surface area contributed by atoms with E-state index in [1.165, 1.54) is 0 Å². The lowest BCUT2D eigenvalue weighted by atomic mass is 10.1. The van der Waals surface area contributed by atoms with Crippen molar-refractivity contribution in [1.82, 2.24) is 0 Å². The van der Waals surface area contributed by atoms with Gasteiger partial charge < -0.3 is 4.74 Å². The first-order valence-corrected chi connectivity index (χ1v) is 5.48. The molecule has 0 amide bonds. The van der Waals surface area contributed by atoms with Gasteiger partial charge >= 0.3 is 5.97 Å². The zero-order chi connectivity index (χ0) is 11.3. The fourth-order valence-corrected chi connectivity index (χ4v) is 1.42. The highest BCUT2D eigenvalue weighted by atomic mass is 79.9. The maximum atomic E-state index is 13.5. The van der Waals surface area contributed by atoms with Crippen LogP contribution in [0.4, 0.5) is 4.39 Å². The van der Waals surface area contributed by atoms with E-state index in [1.807, 2.05) is 0 Å². The largest absolute Gasteiger partial charge is 0.466 e. The molecular weight excluding hydrogens is 263 g/mol. The van der Waals surface area contributed by atoms with Gasteiger partial charge in [0.1, 0.15) is 6.17 Å². The number of hydrogen-bond donors (Lipinski definition) is 0. The van der Waals surface area contributed by atoms with Crippen LogP contribution in [0.3, 0.4) is 0 Å². The average molecular weight is 275 g/mol. The second-order valence-corrected chi connectivity index (χ2v) is 3.94. The normalized spacial score (nSPS) is 12.2. The standard InChI is InChI=1S/C11H12BrFO2/c1-2-15-11(14)7-10(13)8-3-5-9(12)6-4-8/h3-6,10H,2,7H2,1H3/t10-/m1/s1. The van der Waals surface area contributed by atoms with Crippen molar-refractivity contribution in [1.29, 1.82) is 0 Å². The fourth-order valence-electron chi connectivity index (χ4n) is 1.16. The number of ether oxygens (including phenoxy) is 1. The molecule has 0 aliphatic heterocycles. The molecule has 0 bridgehead atoms. The molecule has 0 saturated heterocycles. The Kier molecular flexibility index (Phi) is 4.75. The van der Waals surface area contributed by atoms with E-state index < -0.39 is 12.1 Å². The minimum atomic E-state index is -1.29. The lowest BCUT2D eigenvalue weighted by Gasteiger charge is -2.07. The molecule has 1 rings (SSSR count). The van der Waals surface area contributed by atoms with E-state index in [4.69, 9.17) is 0 Å². The third kappa shape index (κ3) is 4.00. The van der Waals surface area contributed by atoms with Crippen molar-refractivity contribution in [2.75, 3.05) is 6.61 Å². The molecule has 1 atom stereocenters. The van der Waals surface area contributed by atoms with Gasteiger partial charge in [-0.3, -0.25) is 4.79 Å². The molecule has 0 spiro atoms. The summed E-state index contributed by atoms with van der Waals surface area (Å²) in [4.78, 5) is 11.0. The van der Waals surface area contributed by atoms with E-state index in [0.717, 1.165) is 4.47 Å². The molecular formula is C11H12BrFO2. The summed E-state index contributed by atoms with van der Waals surface area (Å²) in [6.45, 7) is 1.98. The van der Waals surface area contributed by atoms with E-state index in [2.05, 4.69) is 20.7 Å². The average Bonchev–Trinajstić information content (AvgIpc) is 2.18. The number of carbonyl (C=O) groups excluding carboxylic acids is 1. The fraction of sp³-hybridized carbons (Fsp3) is 0.364. The molecule has 1 aromatic carbocycles. The van der Waals surface area contributed by atoms with Crippen LogP contribution in [0.2, 0.25) is 0 Å². The molecule has 0 aliphatic carbocycles. The highest BCUT2D eigenvalue weighted by molar-refractivity contribution is 9.10. The van der Waals surface area contributed by atoms with E-state index >= 15 is 0 Å². The maximum absolute atomic E-state index is 13.5. The number of alkyl halides is 1. The minimum Gasteiger partial charge on any atom is -0.466 e. The van der Waals surface area contributed by atoms with Gasteiger partial charge in [0.15, 0.2) is 0 Å². The quantitative estimate of drug-likeness (QED) is 0.787. The molecule has 0 saturated carbocycles. The molecule has 82 valence electrons. The van der Waals surface area contributed by atoms with Gasteiger partial charge in [-0.15, -0.1) is 0 Å². The Morgan fingerprint density at radius 3 is 2.60 bits per heavy atom. The van der Waals surface area contributed by atoms with Crippen LogP contribution < -0.4 is 0 Å². The highest BCUT2D eigenvalue weighted by Crippen LogP contribution is 2.23. The smallest absolute Gasteiger partial charge is 0.309 e. The molecule has 15 heavy (non-hydrogen) atoms. The van der Waals surface area contributed by atoms with Crippen LogP contribution in [0.5, 0.6) is 0 Å². The molecule has 0 heterocycles. The second kappa shape index (κ2) is 5.85. The van der Waals surface area contributed by atoms with Crippen molar-refractivity contribution in [3.05, 3.63) is 34.3 Å². The van der Waals surface area contributed by atoms with E-state index in [9.17, 15) is 9.18 Å². The molecule has 0 radical (unpaired) electrons. The van der Waals surface area contributed by atoms with Gasteiger partial charge in [0.25, 0.3) is 0 Å². The molecule has 0 aliphatic rings. The number of halogens is 2. The van der Waals surface area contributed by atoms with Crippen LogP contribution in [0.15, 0.2) is 28.7 Å². The number of carbonyl (C=O) groups is 1. The summed E-state index contributed by atoms with van der Waals surface area (Å²) >= 11 is 3.26. The Labute approximate surface area is 96.6 Å². The molecule has 0 N–H and O–H groups in total. The Bertz CT molecular complexity index is 324. The summed E-state index contributed by atoms with van der Waals surface area (Å²) in [6, 6.07) is 6.78. The Morgan fingerprint density at radius 1 is 1.47 bits per heavy atom. The maximum Gasteiger partial charge on any atom is 0.309 e. The number of benzene rings is 1. The lowest BCUT2D eigenvalue weighted by molar-refractivity contribution is -0.144. The minimum absolute atomic E-state index is 0.227. The first-order chi connectivity index (χ1) is 7.13. The van der Waals surface area contributed by atoms with Crippen LogP contribution in [0.1, 0.15) is 25.1 Å². The van der Waals surface area contributed by atoms with E-state index in [1.54, 1.807) is 31.2 Å². The Hall–Kier alpha value is -0.900. The predicted molar refractivity (Wildman–Crippen MR) is 59.2 cm³/mol. The van der Waals surface area contributed by atoms with Gasteiger partial charge in [-0.25, -0.2) is 4.39 Å². The van der Waals surface area contributed by atoms with Gasteiger partial charge in [-0.05, 0) is 24.6 Å². The topological polar surface area (TPSA) is 26.3 Å². The van der Waals surface area contributed by atoms with Crippen molar-refractivity contribution in [2.45, 2.75) is 19.5 Å². The molecule has 2 nitrogen and oxygen atoms in total. The van der Waals surface area contributed by atoms with Crippen LogP contribution >= 0.6 is 15.9 Å². The molecule has 4 heteroatoms. The Morgan fingerprint density at radius 2 is 2.07 bits per heavy atom. The number of rotatable bonds is 4. The van der Waals surface area contributed by atoms with Gasteiger partial charge in [0.2, 0.25) is 0 Å². The zero-order valence-corrected chi connectivity index (χ0v) is 9.96. The summed E-state index contributed by atoms with van der Waals surface area (Å²) in [5, 5.41) is 0. The van der Waals surface area contributed by atoms with Gasteiger partial charge in [0.05, 0.1) is 13.0 Å². The van der Waals surface area contributed by atoms with Crippen LogP contribution in [-0.4, -0.2) is 12.6 Å². The van der Waals surface area contributed by atoms with E-state index in [-0.39, 0.29) is 13.0 Å². The van der Waals surface area contributed by atoms with Crippen molar-refractivity contribution in [2.24, 2.45) is 0 Å². The van der Waals surface area contributed by atoms with Crippen molar-refractivity contribution in [3.63, 3.8) is 0 Å². The van der Waals surface area contributed by atoms with Crippen molar-refractivity contribution < 1.29 is 13.9 Å². The highest BCUT2D eigenvalue weighted by Gasteiger charge is 2.15.